The first kappa shape index (κ1) is 25.4. The van der Waals surface area contributed by atoms with Crippen LogP contribution in [0.15, 0.2) is 53.3 Å². The summed E-state index contributed by atoms with van der Waals surface area (Å²) in [6.45, 7) is 4.87. The van der Waals surface area contributed by atoms with Crippen LogP contribution in [-0.2, 0) is 4.79 Å². The van der Waals surface area contributed by atoms with Crippen molar-refractivity contribution in [1.82, 2.24) is 14.5 Å². The molecule has 186 valence electrons. The van der Waals surface area contributed by atoms with Gasteiger partial charge < -0.3 is 4.90 Å². The van der Waals surface area contributed by atoms with Crippen LogP contribution in [0.1, 0.15) is 83.5 Å². The maximum absolute atomic E-state index is 13.8. The number of carbonyl (C=O) groups is 1. The molecule has 1 aliphatic carbocycles. The molecule has 0 saturated heterocycles. The number of carbonyl (C=O) groups excluding carboxylic acids is 1. The molecule has 3 aromatic rings. The molecule has 1 aliphatic rings. The summed E-state index contributed by atoms with van der Waals surface area (Å²) in [4.78, 5) is 34.4. The number of halogens is 1. The molecule has 0 radical (unpaired) electrons. The number of fused-ring (bicyclic) bond motifs is 1. The fourth-order valence-electron chi connectivity index (χ4n) is 5.33. The Kier molecular flexibility index (Phi) is 8.61. The van der Waals surface area contributed by atoms with E-state index >= 15 is 0 Å². The van der Waals surface area contributed by atoms with Crippen LogP contribution in [0.25, 0.3) is 16.6 Å². The van der Waals surface area contributed by atoms with E-state index in [1.165, 1.54) is 25.7 Å². The summed E-state index contributed by atoms with van der Waals surface area (Å²) in [5.41, 5.74) is 1.18. The van der Waals surface area contributed by atoms with Crippen LogP contribution < -0.4 is 5.56 Å². The summed E-state index contributed by atoms with van der Waals surface area (Å²) in [5.74, 6) is 1.43. The van der Waals surface area contributed by atoms with Crippen LogP contribution in [0.5, 0.6) is 0 Å². The lowest BCUT2D eigenvalue weighted by molar-refractivity contribution is -0.134. The fourth-order valence-corrected chi connectivity index (χ4v) is 5.52. The van der Waals surface area contributed by atoms with Gasteiger partial charge in [-0.3, -0.25) is 14.2 Å². The first-order valence-corrected chi connectivity index (χ1v) is 13.5. The summed E-state index contributed by atoms with van der Waals surface area (Å²) in [5, 5.41) is 1.11. The number of aromatic nitrogens is 2. The molecular weight excluding hydrogens is 458 g/mol. The minimum atomic E-state index is -0.297. The SMILES string of the molecule is CCCCN(C(=O)CCC1CCCC1)C(CC)c1nc2ccccc2c(=O)n1-c1cccc(Cl)c1. The Balaban J connectivity index is 1.80. The Morgan fingerprint density at radius 3 is 2.63 bits per heavy atom. The van der Waals surface area contributed by atoms with Gasteiger partial charge in [0.1, 0.15) is 5.82 Å². The van der Waals surface area contributed by atoms with E-state index < -0.39 is 0 Å². The van der Waals surface area contributed by atoms with E-state index in [0.717, 1.165) is 19.3 Å². The van der Waals surface area contributed by atoms with E-state index in [-0.39, 0.29) is 17.5 Å². The molecule has 1 unspecified atom stereocenters. The number of para-hydroxylation sites is 1. The molecule has 0 bridgehead atoms. The summed E-state index contributed by atoms with van der Waals surface area (Å²) in [6, 6.07) is 14.4. The van der Waals surface area contributed by atoms with Crippen LogP contribution in [0, 0.1) is 5.92 Å². The molecule has 1 atom stereocenters. The average molecular weight is 494 g/mol. The zero-order valence-corrected chi connectivity index (χ0v) is 21.6. The Bertz CT molecular complexity index is 1220. The van der Waals surface area contributed by atoms with Crippen LogP contribution in [0.2, 0.25) is 5.02 Å². The van der Waals surface area contributed by atoms with Crippen molar-refractivity contribution in [2.45, 2.75) is 77.7 Å². The van der Waals surface area contributed by atoms with Gasteiger partial charge in [-0.2, -0.15) is 0 Å². The molecule has 5 nitrogen and oxygen atoms in total. The minimum Gasteiger partial charge on any atom is -0.333 e. The van der Waals surface area contributed by atoms with Gasteiger partial charge in [-0.1, -0.05) is 75.8 Å². The third-order valence-electron chi connectivity index (χ3n) is 7.24. The quantitative estimate of drug-likeness (QED) is 0.303. The highest BCUT2D eigenvalue weighted by Gasteiger charge is 2.29. The van der Waals surface area contributed by atoms with Crippen molar-refractivity contribution in [2.24, 2.45) is 5.92 Å². The van der Waals surface area contributed by atoms with Crippen molar-refractivity contribution in [3.05, 3.63) is 69.7 Å². The van der Waals surface area contributed by atoms with Gasteiger partial charge in [0.05, 0.1) is 22.6 Å². The van der Waals surface area contributed by atoms with Gasteiger partial charge in [0, 0.05) is 18.0 Å². The normalized spacial score (nSPS) is 14.9. The van der Waals surface area contributed by atoms with Gasteiger partial charge in [-0.15, -0.1) is 0 Å². The monoisotopic (exact) mass is 493 g/mol. The molecule has 1 saturated carbocycles. The van der Waals surface area contributed by atoms with Gasteiger partial charge in [0.25, 0.3) is 5.56 Å². The number of nitrogens with zero attached hydrogens (tertiary/aromatic N) is 3. The van der Waals surface area contributed by atoms with Gasteiger partial charge in [0.15, 0.2) is 0 Å². The second kappa shape index (κ2) is 11.9. The van der Waals surface area contributed by atoms with Crippen molar-refractivity contribution >= 4 is 28.4 Å². The van der Waals surface area contributed by atoms with Crippen molar-refractivity contribution in [2.75, 3.05) is 6.54 Å². The third-order valence-corrected chi connectivity index (χ3v) is 7.48. The van der Waals surface area contributed by atoms with Gasteiger partial charge in [0.2, 0.25) is 5.91 Å². The van der Waals surface area contributed by atoms with E-state index in [4.69, 9.17) is 16.6 Å². The fraction of sp³-hybridized carbons (Fsp3) is 0.483. The lowest BCUT2D eigenvalue weighted by atomic mass is 10.0. The highest BCUT2D eigenvalue weighted by Crippen LogP contribution is 2.31. The number of hydrogen-bond donors (Lipinski definition) is 0. The molecule has 0 N–H and O–H groups in total. The van der Waals surface area contributed by atoms with E-state index in [1.807, 2.05) is 35.2 Å². The van der Waals surface area contributed by atoms with Gasteiger partial charge in [-0.25, -0.2) is 4.98 Å². The van der Waals surface area contributed by atoms with E-state index in [1.54, 1.807) is 22.8 Å². The van der Waals surface area contributed by atoms with Crippen LogP contribution in [-0.4, -0.2) is 26.9 Å². The lowest BCUT2D eigenvalue weighted by Gasteiger charge is -2.33. The molecule has 35 heavy (non-hydrogen) atoms. The minimum absolute atomic E-state index is 0.139. The average Bonchev–Trinajstić information content (AvgIpc) is 3.39. The Labute approximate surface area is 213 Å². The van der Waals surface area contributed by atoms with Crippen molar-refractivity contribution in [1.29, 1.82) is 0 Å². The number of amides is 1. The Morgan fingerprint density at radius 2 is 1.91 bits per heavy atom. The summed E-state index contributed by atoms with van der Waals surface area (Å²) >= 11 is 6.32. The Morgan fingerprint density at radius 1 is 1.14 bits per heavy atom. The van der Waals surface area contributed by atoms with Gasteiger partial charge >= 0.3 is 0 Å². The molecule has 4 rings (SSSR count). The first-order chi connectivity index (χ1) is 17.0. The van der Waals surface area contributed by atoms with E-state index in [2.05, 4.69) is 13.8 Å². The number of unbranched alkanes of at least 4 members (excludes halogenated alkanes) is 1. The maximum atomic E-state index is 13.8. The summed E-state index contributed by atoms with van der Waals surface area (Å²) < 4.78 is 1.66. The molecule has 1 heterocycles. The smallest absolute Gasteiger partial charge is 0.266 e. The van der Waals surface area contributed by atoms with E-state index in [9.17, 15) is 9.59 Å². The Hall–Kier alpha value is -2.66. The zero-order valence-electron chi connectivity index (χ0n) is 20.9. The zero-order chi connectivity index (χ0) is 24.8. The molecule has 2 aromatic carbocycles. The molecule has 0 spiro atoms. The highest BCUT2D eigenvalue weighted by atomic mass is 35.5. The first-order valence-electron chi connectivity index (χ1n) is 13.1. The third kappa shape index (κ3) is 5.78. The predicted octanol–water partition coefficient (Wildman–Crippen LogP) is 7.09. The van der Waals surface area contributed by atoms with Crippen LogP contribution >= 0.6 is 11.6 Å². The molecular formula is C29H36ClN3O2. The van der Waals surface area contributed by atoms with E-state index in [0.29, 0.717) is 52.7 Å². The molecule has 6 heteroatoms. The number of hydrogen-bond acceptors (Lipinski definition) is 3. The molecule has 1 fully saturated rings. The number of rotatable bonds is 10. The molecule has 0 aliphatic heterocycles. The van der Waals surface area contributed by atoms with Crippen molar-refractivity contribution in [3.8, 4) is 5.69 Å². The van der Waals surface area contributed by atoms with Crippen molar-refractivity contribution in [3.63, 3.8) is 0 Å². The second-order valence-electron chi connectivity index (χ2n) is 9.66. The standard InChI is InChI=1S/C29H36ClN3O2/c1-3-5-19-32(27(34)18-17-21-11-6-7-12-21)26(4-2)28-31-25-16-9-8-15-24(25)29(35)33(28)23-14-10-13-22(30)20-23/h8-10,13-16,20-21,26H,3-7,11-12,17-19H2,1-2H3. The largest absolute Gasteiger partial charge is 0.333 e. The van der Waals surface area contributed by atoms with Crippen LogP contribution in [0.3, 0.4) is 0 Å². The van der Waals surface area contributed by atoms with Gasteiger partial charge in [-0.05, 0) is 55.5 Å². The summed E-state index contributed by atoms with van der Waals surface area (Å²) in [6.07, 6.45) is 9.12. The predicted molar refractivity (Wildman–Crippen MR) is 143 cm³/mol. The lowest BCUT2D eigenvalue weighted by Crippen LogP contribution is -2.39. The highest BCUT2D eigenvalue weighted by molar-refractivity contribution is 6.30. The summed E-state index contributed by atoms with van der Waals surface area (Å²) in [7, 11) is 0. The second-order valence-corrected chi connectivity index (χ2v) is 10.1. The topological polar surface area (TPSA) is 55.2 Å². The van der Waals surface area contributed by atoms with Crippen molar-refractivity contribution < 1.29 is 4.79 Å². The molecule has 1 aromatic heterocycles. The maximum Gasteiger partial charge on any atom is 0.266 e. The number of benzene rings is 2. The molecule has 1 amide bonds. The van der Waals surface area contributed by atoms with Crippen LogP contribution in [0.4, 0.5) is 0 Å².